The van der Waals surface area contributed by atoms with Crippen molar-refractivity contribution in [1.29, 1.82) is 0 Å². The topological polar surface area (TPSA) is 34.2 Å². The maximum absolute atomic E-state index is 5.42. The molecule has 18 heavy (non-hydrogen) atoms. The van der Waals surface area contributed by atoms with Gasteiger partial charge in [0, 0.05) is 28.6 Å². The van der Waals surface area contributed by atoms with Gasteiger partial charge in [-0.05, 0) is 30.2 Å². The molecule has 1 aliphatic rings. The van der Waals surface area contributed by atoms with Crippen molar-refractivity contribution in [1.82, 2.24) is 4.98 Å². The predicted octanol–water partition coefficient (Wildman–Crippen LogP) is 3.36. The van der Waals surface area contributed by atoms with Crippen LogP contribution in [0.15, 0.2) is 24.0 Å². The van der Waals surface area contributed by atoms with Crippen molar-refractivity contribution < 1.29 is 9.47 Å². The van der Waals surface area contributed by atoms with E-state index in [0.29, 0.717) is 5.92 Å². The van der Waals surface area contributed by atoms with Crippen LogP contribution >= 0.6 is 0 Å². The fraction of sp³-hybridized carbons (Fsp3) is 0.333. The smallest absolute Gasteiger partial charge is 0.120 e. The Balaban J connectivity index is 2.18. The Kier molecular flexibility index (Phi) is 2.54. The van der Waals surface area contributed by atoms with Crippen LogP contribution in [0.25, 0.3) is 17.0 Å². The van der Waals surface area contributed by atoms with Gasteiger partial charge >= 0.3 is 0 Å². The van der Waals surface area contributed by atoms with E-state index in [1.54, 1.807) is 14.2 Å². The third-order valence-electron chi connectivity index (χ3n) is 3.66. The molecule has 1 aliphatic carbocycles. The van der Waals surface area contributed by atoms with Gasteiger partial charge in [-0.3, -0.25) is 0 Å². The largest absolute Gasteiger partial charge is 0.501 e. The van der Waals surface area contributed by atoms with Gasteiger partial charge in [-0.25, -0.2) is 0 Å². The van der Waals surface area contributed by atoms with Crippen LogP contribution in [-0.4, -0.2) is 19.2 Å². The Morgan fingerprint density at radius 2 is 2.06 bits per heavy atom. The summed E-state index contributed by atoms with van der Waals surface area (Å²) in [5, 5.41) is 1.28. The SMILES string of the molecule is COC1=Cc2[nH]c3cc(OC)ccc3c2CC1C. The molecule has 94 valence electrons. The summed E-state index contributed by atoms with van der Waals surface area (Å²) in [7, 11) is 3.42. The summed E-state index contributed by atoms with van der Waals surface area (Å²) in [6.45, 7) is 2.20. The summed E-state index contributed by atoms with van der Waals surface area (Å²) < 4.78 is 10.7. The van der Waals surface area contributed by atoms with Crippen LogP contribution in [-0.2, 0) is 11.2 Å². The summed E-state index contributed by atoms with van der Waals surface area (Å²) in [6, 6.07) is 6.18. The van der Waals surface area contributed by atoms with E-state index in [2.05, 4.69) is 24.1 Å². The monoisotopic (exact) mass is 243 g/mol. The molecular formula is C15H17NO2. The summed E-state index contributed by atoms with van der Waals surface area (Å²) in [5.74, 6) is 2.36. The van der Waals surface area contributed by atoms with Crippen molar-refractivity contribution in [3.8, 4) is 5.75 Å². The first-order chi connectivity index (χ1) is 8.72. The van der Waals surface area contributed by atoms with Gasteiger partial charge in [0.15, 0.2) is 0 Å². The van der Waals surface area contributed by atoms with Crippen molar-refractivity contribution >= 4 is 17.0 Å². The van der Waals surface area contributed by atoms with Crippen LogP contribution in [0.4, 0.5) is 0 Å². The third-order valence-corrected chi connectivity index (χ3v) is 3.66. The summed E-state index contributed by atoms with van der Waals surface area (Å²) in [4.78, 5) is 3.44. The minimum atomic E-state index is 0.434. The van der Waals surface area contributed by atoms with Gasteiger partial charge in [-0.1, -0.05) is 6.92 Å². The average molecular weight is 243 g/mol. The first kappa shape index (κ1) is 11.2. The molecule has 1 aromatic heterocycles. The fourth-order valence-electron chi connectivity index (χ4n) is 2.68. The second kappa shape index (κ2) is 4.09. The number of aromatic amines is 1. The highest BCUT2D eigenvalue weighted by molar-refractivity contribution is 5.89. The Morgan fingerprint density at radius 1 is 1.22 bits per heavy atom. The Bertz CT molecular complexity index is 625. The molecule has 3 nitrogen and oxygen atoms in total. The summed E-state index contributed by atoms with van der Waals surface area (Å²) >= 11 is 0. The number of benzene rings is 1. The van der Waals surface area contributed by atoms with E-state index in [9.17, 15) is 0 Å². The van der Waals surface area contributed by atoms with Crippen LogP contribution in [0.2, 0.25) is 0 Å². The molecule has 0 radical (unpaired) electrons. The number of H-pyrrole nitrogens is 1. The van der Waals surface area contributed by atoms with Gasteiger partial charge < -0.3 is 14.5 Å². The number of rotatable bonds is 2. The molecule has 0 saturated heterocycles. The molecule has 1 N–H and O–H groups in total. The highest BCUT2D eigenvalue weighted by Crippen LogP contribution is 2.34. The molecule has 1 heterocycles. The molecule has 0 aliphatic heterocycles. The highest BCUT2D eigenvalue weighted by atomic mass is 16.5. The maximum Gasteiger partial charge on any atom is 0.120 e. The van der Waals surface area contributed by atoms with E-state index in [0.717, 1.165) is 29.1 Å². The van der Waals surface area contributed by atoms with Crippen molar-refractivity contribution in [2.45, 2.75) is 13.3 Å². The summed E-state index contributed by atoms with van der Waals surface area (Å²) in [5.41, 5.74) is 3.66. The van der Waals surface area contributed by atoms with E-state index in [1.807, 2.05) is 12.1 Å². The number of ether oxygens (including phenoxy) is 2. The Morgan fingerprint density at radius 3 is 2.78 bits per heavy atom. The lowest BCUT2D eigenvalue weighted by atomic mass is 9.91. The number of fused-ring (bicyclic) bond motifs is 3. The molecule has 1 unspecified atom stereocenters. The van der Waals surface area contributed by atoms with Gasteiger partial charge in [0.2, 0.25) is 0 Å². The van der Waals surface area contributed by atoms with E-state index < -0.39 is 0 Å². The molecule has 0 saturated carbocycles. The lowest BCUT2D eigenvalue weighted by Crippen LogP contribution is -2.10. The van der Waals surface area contributed by atoms with Crippen LogP contribution < -0.4 is 4.74 Å². The molecule has 1 atom stereocenters. The molecule has 1 aromatic carbocycles. The second-order valence-corrected chi connectivity index (χ2v) is 4.78. The molecule has 0 spiro atoms. The highest BCUT2D eigenvalue weighted by Gasteiger charge is 2.22. The molecule has 2 aromatic rings. The van der Waals surface area contributed by atoms with Crippen LogP contribution in [0.1, 0.15) is 18.2 Å². The quantitative estimate of drug-likeness (QED) is 0.877. The van der Waals surface area contributed by atoms with Crippen LogP contribution in [0.3, 0.4) is 0 Å². The van der Waals surface area contributed by atoms with Gasteiger partial charge in [-0.2, -0.15) is 0 Å². The number of hydrogen-bond acceptors (Lipinski definition) is 2. The van der Waals surface area contributed by atoms with Gasteiger partial charge in [0.05, 0.1) is 14.2 Å². The van der Waals surface area contributed by atoms with E-state index in [1.165, 1.54) is 10.9 Å². The lowest BCUT2D eigenvalue weighted by molar-refractivity contribution is 0.249. The molecule has 3 heteroatoms. The zero-order valence-corrected chi connectivity index (χ0v) is 10.9. The molecule has 0 fully saturated rings. The molecule has 0 amide bonds. The average Bonchev–Trinajstić information content (AvgIpc) is 2.74. The molecule has 3 rings (SSSR count). The van der Waals surface area contributed by atoms with E-state index in [4.69, 9.17) is 9.47 Å². The van der Waals surface area contributed by atoms with Crippen molar-refractivity contribution in [3.05, 3.63) is 35.2 Å². The van der Waals surface area contributed by atoms with Gasteiger partial charge in [0.1, 0.15) is 11.5 Å². The third kappa shape index (κ3) is 1.58. The number of methoxy groups -OCH3 is 2. The van der Waals surface area contributed by atoms with Crippen molar-refractivity contribution in [2.24, 2.45) is 5.92 Å². The Hall–Kier alpha value is -1.90. The molecular weight excluding hydrogens is 226 g/mol. The Labute approximate surface area is 106 Å². The fourth-order valence-corrected chi connectivity index (χ4v) is 2.68. The van der Waals surface area contributed by atoms with E-state index in [-0.39, 0.29) is 0 Å². The van der Waals surface area contributed by atoms with Crippen molar-refractivity contribution in [2.75, 3.05) is 14.2 Å². The lowest BCUT2D eigenvalue weighted by Gasteiger charge is -2.19. The van der Waals surface area contributed by atoms with Crippen LogP contribution in [0.5, 0.6) is 5.75 Å². The number of aromatic nitrogens is 1. The van der Waals surface area contributed by atoms with E-state index >= 15 is 0 Å². The number of nitrogens with one attached hydrogen (secondary N) is 1. The normalized spacial score (nSPS) is 18.4. The first-order valence-electron chi connectivity index (χ1n) is 6.17. The zero-order valence-electron chi connectivity index (χ0n) is 10.9. The second-order valence-electron chi connectivity index (χ2n) is 4.78. The minimum absolute atomic E-state index is 0.434. The molecule has 0 bridgehead atoms. The summed E-state index contributed by atoms with van der Waals surface area (Å²) in [6.07, 6.45) is 3.12. The predicted molar refractivity (Wildman–Crippen MR) is 72.7 cm³/mol. The zero-order chi connectivity index (χ0) is 12.7. The number of allylic oxidation sites excluding steroid dienone is 1. The maximum atomic E-state index is 5.42. The van der Waals surface area contributed by atoms with Gasteiger partial charge in [-0.15, -0.1) is 0 Å². The number of hydrogen-bond donors (Lipinski definition) is 1. The van der Waals surface area contributed by atoms with Gasteiger partial charge in [0.25, 0.3) is 0 Å². The van der Waals surface area contributed by atoms with Crippen molar-refractivity contribution in [3.63, 3.8) is 0 Å². The first-order valence-corrected chi connectivity index (χ1v) is 6.17. The minimum Gasteiger partial charge on any atom is -0.501 e. The standard InChI is InChI=1S/C15H17NO2/c1-9-6-12-11-5-4-10(17-2)7-13(11)16-14(12)8-15(9)18-3/h4-5,7-9,16H,6H2,1-3H3. The van der Waals surface area contributed by atoms with Crippen LogP contribution in [0, 0.1) is 5.92 Å².